The number of aromatic carboxylic acids is 1. The first-order valence-electron chi connectivity index (χ1n) is 10.1. The number of hydrogen-bond acceptors (Lipinski definition) is 1. The lowest BCUT2D eigenvalue weighted by Crippen LogP contribution is -2.06. The summed E-state index contributed by atoms with van der Waals surface area (Å²) in [6, 6.07) is 23.2. The molecule has 1 aromatic heterocycles. The van der Waals surface area contributed by atoms with Crippen molar-refractivity contribution in [3.8, 4) is 28.1 Å². The first-order chi connectivity index (χ1) is 15.3. The number of aromatic nitrogens is 1. The molecule has 0 atom stereocenters. The van der Waals surface area contributed by atoms with Crippen LogP contribution in [0.15, 0.2) is 84.9 Å². The molecule has 4 aromatic rings. The Bertz CT molecular complexity index is 1260. The number of alkyl halides is 3. The first-order valence-corrected chi connectivity index (χ1v) is 10.1. The molecule has 6 heteroatoms. The molecule has 0 fully saturated rings. The van der Waals surface area contributed by atoms with Gasteiger partial charge in [-0.05, 0) is 53.9 Å². The first kappa shape index (κ1) is 21.4. The SMILES string of the molecule is CCc1c(-c2ccccc2)cc(-c2ccc(C(F)(F)F)cc2)n1-c1cccc(C(=O)O)c1. The molecular formula is C26H20F3NO2. The van der Waals surface area contributed by atoms with Crippen LogP contribution in [-0.2, 0) is 12.6 Å². The van der Waals surface area contributed by atoms with Crippen molar-refractivity contribution in [2.75, 3.05) is 0 Å². The minimum atomic E-state index is -4.42. The zero-order valence-electron chi connectivity index (χ0n) is 17.2. The maximum absolute atomic E-state index is 13.1. The fourth-order valence-electron chi connectivity index (χ4n) is 3.88. The second-order valence-electron chi connectivity index (χ2n) is 7.38. The predicted octanol–water partition coefficient (Wildman–Crippen LogP) is 7.09. The van der Waals surface area contributed by atoms with Crippen LogP contribution in [-0.4, -0.2) is 15.6 Å². The fraction of sp³-hybridized carbons (Fsp3) is 0.115. The van der Waals surface area contributed by atoms with Gasteiger partial charge in [0.25, 0.3) is 0 Å². The third-order valence-corrected chi connectivity index (χ3v) is 5.38. The molecule has 0 spiro atoms. The Hall–Kier alpha value is -3.80. The number of benzene rings is 3. The van der Waals surface area contributed by atoms with Gasteiger partial charge >= 0.3 is 12.1 Å². The minimum Gasteiger partial charge on any atom is -0.478 e. The lowest BCUT2D eigenvalue weighted by atomic mass is 10.0. The van der Waals surface area contributed by atoms with E-state index in [4.69, 9.17) is 0 Å². The Balaban J connectivity index is 1.97. The highest BCUT2D eigenvalue weighted by Crippen LogP contribution is 2.37. The van der Waals surface area contributed by atoms with Crippen molar-refractivity contribution < 1.29 is 23.1 Å². The Labute approximate surface area is 183 Å². The molecule has 0 aliphatic heterocycles. The maximum Gasteiger partial charge on any atom is 0.416 e. The van der Waals surface area contributed by atoms with Gasteiger partial charge < -0.3 is 9.67 Å². The monoisotopic (exact) mass is 435 g/mol. The second-order valence-corrected chi connectivity index (χ2v) is 7.38. The fourth-order valence-corrected chi connectivity index (χ4v) is 3.88. The van der Waals surface area contributed by atoms with Gasteiger partial charge in [-0.25, -0.2) is 4.79 Å². The number of hydrogen-bond donors (Lipinski definition) is 1. The molecule has 0 unspecified atom stereocenters. The highest BCUT2D eigenvalue weighted by molar-refractivity contribution is 5.88. The van der Waals surface area contributed by atoms with E-state index in [1.165, 1.54) is 18.2 Å². The molecule has 0 saturated heterocycles. The van der Waals surface area contributed by atoms with E-state index in [-0.39, 0.29) is 5.56 Å². The zero-order chi connectivity index (χ0) is 22.9. The average Bonchev–Trinajstić information content (AvgIpc) is 3.19. The van der Waals surface area contributed by atoms with Crippen LogP contribution in [0.2, 0.25) is 0 Å². The number of carboxylic acids is 1. The minimum absolute atomic E-state index is 0.137. The lowest BCUT2D eigenvalue weighted by Gasteiger charge is -2.15. The van der Waals surface area contributed by atoms with E-state index in [0.717, 1.165) is 29.0 Å². The summed E-state index contributed by atoms with van der Waals surface area (Å²) in [7, 11) is 0. The van der Waals surface area contributed by atoms with Gasteiger partial charge in [0.1, 0.15) is 0 Å². The van der Waals surface area contributed by atoms with Crippen molar-refractivity contribution in [3.05, 3.63) is 102 Å². The smallest absolute Gasteiger partial charge is 0.416 e. The van der Waals surface area contributed by atoms with Gasteiger partial charge in [-0.3, -0.25) is 0 Å². The van der Waals surface area contributed by atoms with E-state index in [1.807, 2.05) is 47.9 Å². The molecule has 0 bridgehead atoms. The Morgan fingerprint density at radius 3 is 2.16 bits per heavy atom. The van der Waals surface area contributed by atoms with Crippen LogP contribution in [0.1, 0.15) is 28.5 Å². The van der Waals surface area contributed by atoms with Gasteiger partial charge in [0.2, 0.25) is 0 Å². The maximum atomic E-state index is 13.1. The summed E-state index contributed by atoms with van der Waals surface area (Å²) in [4.78, 5) is 11.5. The highest BCUT2D eigenvalue weighted by Gasteiger charge is 2.30. The van der Waals surface area contributed by atoms with Crippen molar-refractivity contribution in [3.63, 3.8) is 0 Å². The summed E-state index contributed by atoms with van der Waals surface area (Å²) in [5.74, 6) is -1.04. The largest absolute Gasteiger partial charge is 0.478 e. The van der Waals surface area contributed by atoms with E-state index in [2.05, 4.69) is 0 Å². The quantitative estimate of drug-likeness (QED) is 0.364. The number of rotatable bonds is 5. The zero-order valence-corrected chi connectivity index (χ0v) is 17.2. The van der Waals surface area contributed by atoms with Crippen LogP contribution >= 0.6 is 0 Å². The standard InChI is InChI=1S/C26H20F3NO2/c1-2-23-22(17-7-4-3-5-8-17)16-24(18-11-13-20(14-12-18)26(27,28)29)30(23)21-10-6-9-19(15-21)25(31)32/h3-16H,2H2,1H3,(H,31,32). The topological polar surface area (TPSA) is 42.2 Å². The van der Waals surface area contributed by atoms with Crippen molar-refractivity contribution >= 4 is 5.97 Å². The number of carbonyl (C=O) groups is 1. The highest BCUT2D eigenvalue weighted by atomic mass is 19.4. The number of halogens is 3. The van der Waals surface area contributed by atoms with Crippen LogP contribution in [0.5, 0.6) is 0 Å². The van der Waals surface area contributed by atoms with Gasteiger partial charge in [0, 0.05) is 16.9 Å². The van der Waals surface area contributed by atoms with Crippen LogP contribution in [0.3, 0.4) is 0 Å². The van der Waals surface area contributed by atoms with Crippen molar-refractivity contribution in [2.45, 2.75) is 19.5 Å². The Kier molecular flexibility index (Phi) is 5.61. The van der Waals surface area contributed by atoms with Gasteiger partial charge in [-0.2, -0.15) is 13.2 Å². The summed E-state index contributed by atoms with van der Waals surface area (Å²) in [6.07, 6.45) is -3.78. The molecule has 162 valence electrons. The van der Waals surface area contributed by atoms with Crippen LogP contribution < -0.4 is 0 Å². The molecule has 3 aromatic carbocycles. The van der Waals surface area contributed by atoms with Gasteiger partial charge in [0.05, 0.1) is 16.8 Å². The molecule has 1 N–H and O–H groups in total. The van der Waals surface area contributed by atoms with Crippen molar-refractivity contribution in [2.24, 2.45) is 0 Å². The molecule has 0 radical (unpaired) electrons. The molecule has 3 nitrogen and oxygen atoms in total. The molecule has 1 heterocycles. The lowest BCUT2D eigenvalue weighted by molar-refractivity contribution is -0.137. The normalized spacial score (nSPS) is 11.5. The summed E-state index contributed by atoms with van der Waals surface area (Å²) in [5, 5.41) is 9.44. The van der Waals surface area contributed by atoms with Crippen LogP contribution in [0, 0.1) is 0 Å². The summed E-state index contributed by atoms with van der Waals surface area (Å²) in [5.41, 5.74) is 4.22. The van der Waals surface area contributed by atoms with Crippen LogP contribution in [0.4, 0.5) is 13.2 Å². The molecule has 0 aliphatic carbocycles. The predicted molar refractivity (Wildman–Crippen MR) is 118 cm³/mol. The molecular weight excluding hydrogens is 415 g/mol. The van der Waals surface area contributed by atoms with Gasteiger partial charge in [0.15, 0.2) is 0 Å². The Morgan fingerprint density at radius 1 is 0.875 bits per heavy atom. The second kappa shape index (κ2) is 8.38. The third-order valence-electron chi connectivity index (χ3n) is 5.38. The third kappa shape index (κ3) is 4.04. The van der Waals surface area contributed by atoms with E-state index < -0.39 is 17.7 Å². The molecule has 0 saturated carbocycles. The van der Waals surface area contributed by atoms with Crippen molar-refractivity contribution in [1.29, 1.82) is 0 Å². The van der Waals surface area contributed by atoms with Crippen LogP contribution in [0.25, 0.3) is 28.1 Å². The van der Waals surface area contributed by atoms with Gasteiger partial charge in [-0.15, -0.1) is 0 Å². The molecule has 0 aliphatic rings. The van der Waals surface area contributed by atoms with E-state index >= 15 is 0 Å². The summed E-state index contributed by atoms with van der Waals surface area (Å²) >= 11 is 0. The van der Waals surface area contributed by atoms with Gasteiger partial charge in [-0.1, -0.05) is 55.5 Å². The molecule has 32 heavy (non-hydrogen) atoms. The van der Waals surface area contributed by atoms with E-state index in [9.17, 15) is 23.1 Å². The van der Waals surface area contributed by atoms with Crippen molar-refractivity contribution in [1.82, 2.24) is 4.57 Å². The number of carboxylic acid groups (broad SMARTS) is 1. The summed E-state index contributed by atoms with van der Waals surface area (Å²) in [6.45, 7) is 2.00. The van der Waals surface area contributed by atoms with E-state index in [0.29, 0.717) is 23.4 Å². The van der Waals surface area contributed by atoms with E-state index in [1.54, 1.807) is 18.2 Å². The molecule has 4 rings (SSSR count). The summed E-state index contributed by atoms with van der Waals surface area (Å²) < 4.78 is 41.1. The molecule has 0 amide bonds. The average molecular weight is 435 g/mol. The Morgan fingerprint density at radius 2 is 1.56 bits per heavy atom. The number of nitrogens with zero attached hydrogens (tertiary/aromatic N) is 1.